The van der Waals surface area contributed by atoms with Crippen LogP contribution in [0.5, 0.6) is 5.75 Å². The van der Waals surface area contributed by atoms with Gasteiger partial charge in [-0.2, -0.15) is 0 Å². The van der Waals surface area contributed by atoms with Crippen LogP contribution in [0, 0.1) is 0 Å². The molecule has 1 atom stereocenters. The second-order valence-corrected chi connectivity index (χ2v) is 5.50. The molecule has 0 bridgehead atoms. The summed E-state index contributed by atoms with van der Waals surface area (Å²) in [5.74, 6) is 0.331. The summed E-state index contributed by atoms with van der Waals surface area (Å²) >= 11 is 5.99. The highest BCUT2D eigenvalue weighted by Crippen LogP contribution is 2.20. The predicted octanol–water partition coefficient (Wildman–Crippen LogP) is 3.80. The molecular weight excluding hydrogens is 314 g/mol. The van der Waals surface area contributed by atoms with Crippen LogP contribution in [0.2, 0.25) is 5.02 Å². The van der Waals surface area contributed by atoms with Gasteiger partial charge in [-0.25, -0.2) is 0 Å². The van der Waals surface area contributed by atoms with Crippen LogP contribution in [0.25, 0.3) is 0 Å². The Hall–Kier alpha value is -2.33. The van der Waals surface area contributed by atoms with Crippen LogP contribution in [0.1, 0.15) is 35.3 Å². The number of aldehydes is 1. The van der Waals surface area contributed by atoms with Crippen LogP contribution >= 0.6 is 11.6 Å². The number of carbonyl (C=O) groups excluding carboxylic acids is 2. The molecule has 0 saturated carbocycles. The van der Waals surface area contributed by atoms with Crippen LogP contribution in [0.3, 0.4) is 0 Å². The van der Waals surface area contributed by atoms with Crippen molar-refractivity contribution in [2.45, 2.75) is 19.4 Å². The highest BCUT2D eigenvalue weighted by atomic mass is 35.5. The minimum Gasteiger partial charge on any atom is -0.484 e. The van der Waals surface area contributed by atoms with Gasteiger partial charge in [0.2, 0.25) is 0 Å². The lowest BCUT2D eigenvalue weighted by Gasteiger charge is -2.18. The molecule has 120 valence electrons. The van der Waals surface area contributed by atoms with E-state index in [9.17, 15) is 9.59 Å². The van der Waals surface area contributed by atoms with Gasteiger partial charge in [-0.15, -0.1) is 0 Å². The monoisotopic (exact) mass is 331 g/mol. The van der Waals surface area contributed by atoms with Gasteiger partial charge in [0.05, 0.1) is 6.04 Å². The Morgan fingerprint density at radius 1 is 1.26 bits per heavy atom. The van der Waals surface area contributed by atoms with Gasteiger partial charge >= 0.3 is 0 Å². The minimum absolute atomic E-state index is 0.0858. The van der Waals surface area contributed by atoms with Gasteiger partial charge in [-0.3, -0.25) is 9.59 Å². The van der Waals surface area contributed by atoms with Crippen molar-refractivity contribution < 1.29 is 14.3 Å². The van der Waals surface area contributed by atoms with E-state index in [0.717, 1.165) is 18.3 Å². The molecule has 0 aliphatic carbocycles. The van der Waals surface area contributed by atoms with Crippen LogP contribution in [-0.4, -0.2) is 18.8 Å². The number of nitrogens with one attached hydrogen (secondary N) is 1. The average Bonchev–Trinajstić information content (AvgIpc) is 2.58. The second-order valence-electron chi connectivity index (χ2n) is 5.06. The zero-order valence-corrected chi connectivity index (χ0v) is 13.5. The molecule has 2 aromatic carbocycles. The number of amides is 1. The van der Waals surface area contributed by atoms with Crippen molar-refractivity contribution in [3.63, 3.8) is 0 Å². The number of benzene rings is 2. The molecular formula is C18H18ClNO3. The third-order valence-corrected chi connectivity index (χ3v) is 3.62. The van der Waals surface area contributed by atoms with Crippen molar-refractivity contribution in [2.24, 2.45) is 0 Å². The molecule has 0 spiro atoms. The molecule has 0 aliphatic rings. The molecule has 1 amide bonds. The van der Waals surface area contributed by atoms with Gasteiger partial charge in [0.1, 0.15) is 12.0 Å². The molecule has 23 heavy (non-hydrogen) atoms. The van der Waals surface area contributed by atoms with E-state index in [4.69, 9.17) is 16.3 Å². The summed E-state index contributed by atoms with van der Waals surface area (Å²) in [6.45, 7) is 1.91. The van der Waals surface area contributed by atoms with Gasteiger partial charge < -0.3 is 10.1 Å². The van der Waals surface area contributed by atoms with Crippen LogP contribution in [0.15, 0.2) is 48.5 Å². The Balaban J connectivity index is 1.90. The smallest absolute Gasteiger partial charge is 0.258 e. The van der Waals surface area contributed by atoms with Gasteiger partial charge in [0.15, 0.2) is 6.61 Å². The normalized spacial score (nSPS) is 11.6. The van der Waals surface area contributed by atoms with E-state index in [2.05, 4.69) is 5.32 Å². The van der Waals surface area contributed by atoms with Crippen LogP contribution < -0.4 is 10.1 Å². The minimum atomic E-state index is -0.212. The lowest BCUT2D eigenvalue weighted by molar-refractivity contribution is -0.123. The third-order valence-electron chi connectivity index (χ3n) is 3.38. The van der Waals surface area contributed by atoms with Gasteiger partial charge in [-0.1, -0.05) is 30.7 Å². The van der Waals surface area contributed by atoms with Gasteiger partial charge in [-0.05, 0) is 48.4 Å². The van der Waals surface area contributed by atoms with Crippen molar-refractivity contribution in [3.05, 3.63) is 64.7 Å². The summed E-state index contributed by atoms with van der Waals surface area (Å²) in [4.78, 5) is 22.6. The summed E-state index contributed by atoms with van der Waals surface area (Å²) in [6.07, 6.45) is 1.51. The Kier molecular flexibility index (Phi) is 6.18. The SMILES string of the molecule is CCC(NC(=O)COc1ccc(C=O)cc1)c1cccc(Cl)c1. The Morgan fingerprint density at radius 3 is 2.61 bits per heavy atom. The van der Waals surface area contributed by atoms with Gasteiger partial charge in [0, 0.05) is 10.6 Å². The van der Waals surface area contributed by atoms with E-state index in [0.29, 0.717) is 16.3 Å². The van der Waals surface area contributed by atoms with Crippen molar-refractivity contribution >= 4 is 23.8 Å². The Morgan fingerprint density at radius 2 is 2.00 bits per heavy atom. The second kappa shape index (κ2) is 8.34. The highest BCUT2D eigenvalue weighted by Gasteiger charge is 2.13. The fourth-order valence-electron chi connectivity index (χ4n) is 2.17. The molecule has 5 heteroatoms. The first-order valence-electron chi connectivity index (χ1n) is 7.35. The molecule has 4 nitrogen and oxygen atoms in total. The maximum absolute atomic E-state index is 12.0. The summed E-state index contributed by atoms with van der Waals surface area (Å²) in [7, 11) is 0. The predicted molar refractivity (Wildman–Crippen MR) is 90.0 cm³/mol. The van der Waals surface area contributed by atoms with Crippen molar-refractivity contribution in [3.8, 4) is 5.75 Å². The zero-order chi connectivity index (χ0) is 16.7. The lowest BCUT2D eigenvalue weighted by atomic mass is 10.0. The fraction of sp³-hybridized carbons (Fsp3) is 0.222. The number of hydrogen-bond donors (Lipinski definition) is 1. The Bertz CT molecular complexity index is 670. The van der Waals surface area contributed by atoms with Crippen molar-refractivity contribution in [2.75, 3.05) is 6.61 Å². The van der Waals surface area contributed by atoms with E-state index in [-0.39, 0.29) is 18.6 Å². The summed E-state index contributed by atoms with van der Waals surface area (Å²) < 4.78 is 5.42. The Labute approximate surface area is 140 Å². The summed E-state index contributed by atoms with van der Waals surface area (Å²) in [6, 6.07) is 13.9. The quantitative estimate of drug-likeness (QED) is 0.785. The molecule has 2 rings (SSSR count). The number of halogens is 1. The largest absolute Gasteiger partial charge is 0.484 e. The fourth-order valence-corrected chi connectivity index (χ4v) is 2.37. The molecule has 2 aromatic rings. The first kappa shape index (κ1) is 17.0. The average molecular weight is 332 g/mol. The molecule has 0 radical (unpaired) electrons. The highest BCUT2D eigenvalue weighted by molar-refractivity contribution is 6.30. The molecule has 0 aliphatic heterocycles. The number of rotatable bonds is 7. The van der Waals surface area contributed by atoms with Crippen molar-refractivity contribution in [1.29, 1.82) is 0 Å². The van der Waals surface area contributed by atoms with E-state index >= 15 is 0 Å². The first-order valence-corrected chi connectivity index (χ1v) is 7.73. The topological polar surface area (TPSA) is 55.4 Å². The van der Waals surface area contributed by atoms with E-state index in [1.54, 1.807) is 30.3 Å². The maximum Gasteiger partial charge on any atom is 0.258 e. The zero-order valence-electron chi connectivity index (χ0n) is 12.8. The molecule has 0 heterocycles. The van der Waals surface area contributed by atoms with Crippen LogP contribution in [0.4, 0.5) is 0 Å². The van der Waals surface area contributed by atoms with Gasteiger partial charge in [0.25, 0.3) is 5.91 Å². The number of ether oxygens (including phenoxy) is 1. The molecule has 1 unspecified atom stereocenters. The van der Waals surface area contributed by atoms with E-state index < -0.39 is 0 Å². The third kappa shape index (κ3) is 5.11. The summed E-state index contributed by atoms with van der Waals surface area (Å²) in [5, 5.41) is 3.56. The lowest BCUT2D eigenvalue weighted by Crippen LogP contribution is -2.32. The maximum atomic E-state index is 12.0. The number of carbonyl (C=O) groups is 2. The van der Waals surface area contributed by atoms with E-state index in [1.807, 2.05) is 25.1 Å². The molecule has 1 N–H and O–H groups in total. The first-order chi connectivity index (χ1) is 11.1. The molecule has 0 fully saturated rings. The molecule has 0 saturated heterocycles. The van der Waals surface area contributed by atoms with Crippen LogP contribution in [-0.2, 0) is 4.79 Å². The van der Waals surface area contributed by atoms with Crippen molar-refractivity contribution in [1.82, 2.24) is 5.32 Å². The molecule has 0 aromatic heterocycles. The number of hydrogen-bond acceptors (Lipinski definition) is 3. The standard InChI is InChI=1S/C18H18ClNO3/c1-2-17(14-4-3-5-15(19)10-14)20-18(22)12-23-16-8-6-13(11-21)7-9-16/h3-11,17H,2,12H2,1H3,(H,20,22). The summed E-state index contributed by atoms with van der Waals surface area (Å²) in [5.41, 5.74) is 1.53. The van der Waals surface area contributed by atoms with E-state index in [1.165, 1.54) is 0 Å².